The Morgan fingerprint density at radius 1 is 1.29 bits per heavy atom. The van der Waals surface area contributed by atoms with Gasteiger partial charge >= 0.3 is 0 Å². The van der Waals surface area contributed by atoms with E-state index in [0.717, 1.165) is 24.2 Å². The van der Waals surface area contributed by atoms with E-state index >= 15 is 0 Å². The summed E-state index contributed by atoms with van der Waals surface area (Å²) in [6.07, 6.45) is 1.69. The van der Waals surface area contributed by atoms with Crippen LogP contribution in [-0.4, -0.2) is 39.7 Å². The lowest BCUT2D eigenvalue weighted by atomic mass is 10.1. The lowest BCUT2D eigenvalue weighted by Gasteiger charge is -2.19. The Balaban J connectivity index is 2.12. The number of phenolic OH excluding ortho intramolecular Hbond substituents is 1. The highest BCUT2D eigenvalue weighted by molar-refractivity contribution is 6.00. The molecule has 0 bridgehead atoms. The van der Waals surface area contributed by atoms with E-state index in [0.29, 0.717) is 18.0 Å². The highest BCUT2D eigenvalue weighted by Gasteiger charge is 2.09. The van der Waals surface area contributed by atoms with Crippen LogP contribution in [0.3, 0.4) is 0 Å². The fourth-order valence-corrected chi connectivity index (χ4v) is 2.36. The van der Waals surface area contributed by atoms with Crippen LogP contribution in [0.1, 0.15) is 42.4 Å². The zero-order valence-electron chi connectivity index (χ0n) is 14.3. The van der Waals surface area contributed by atoms with E-state index in [1.165, 1.54) is 0 Å². The number of hydrogen-bond donors (Lipinski definition) is 3. The van der Waals surface area contributed by atoms with Gasteiger partial charge in [-0.25, -0.2) is 5.43 Å². The monoisotopic (exact) mass is 328 g/mol. The van der Waals surface area contributed by atoms with Crippen molar-refractivity contribution in [1.29, 1.82) is 0 Å². The molecule has 2 aromatic rings. The molecule has 0 atom stereocenters. The number of aromatic hydroxyl groups is 1. The van der Waals surface area contributed by atoms with Crippen molar-refractivity contribution in [3.8, 4) is 5.75 Å². The van der Waals surface area contributed by atoms with Crippen LogP contribution >= 0.6 is 0 Å². The number of rotatable bonds is 7. The van der Waals surface area contributed by atoms with Crippen molar-refractivity contribution in [2.75, 3.05) is 13.1 Å². The number of amides is 1. The highest BCUT2D eigenvalue weighted by Crippen LogP contribution is 2.20. The molecule has 6 heteroatoms. The zero-order valence-corrected chi connectivity index (χ0v) is 14.3. The van der Waals surface area contributed by atoms with Gasteiger partial charge in [0.15, 0.2) is 0 Å². The Morgan fingerprint density at radius 3 is 2.67 bits per heavy atom. The highest BCUT2D eigenvalue weighted by atomic mass is 16.3. The molecule has 0 fully saturated rings. The summed E-state index contributed by atoms with van der Waals surface area (Å²) in [5.74, 6) is -0.0182. The first-order chi connectivity index (χ1) is 11.5. The first kappa shape index (κ1) is 17.7. The Hall–Kier alpha value is -2.60. The summed E-state index contributed by atoms with van der Waals surface area (Å²) in [4.78, 5) is 16.9. The predicted molar refractivity (Wildman–Crippen MR) is 95.2 cm³/mol. The van der Waals surface area contributed by atoms with Crippen LogP contribution in [0, 0.1) is 0 Å². The van der Waals surface area contributed by atoms with E-state index in [-0.39, 0.29) is 11.7 Å². The number of carbonyl (C=O) groups is 1. The first-order valence-corrected chi connectivity index (χ1v) is 8.07. The Morgan fingerprint density at radius 2 is 2.04 bits per heavy atom. The molecule has 0 aliphatic carbocycles. The maximum atomic E-state index is 11.9. The number of hydrogen-bond acceptors (Lipinski definition) is 4. The molecule has 0 unspecified atom stereocenters. The van der Waals surface area contributed by atoms with Crippen molar-refractivity contribution >= 4 is 11.6 Å². The zero-order chi connectivity index (χ0) is 17.5. The van der Waals surface area contributed by atoms with Gasteiger partial charge in [0.05, 0.1) is 5.71 Å². The molecule has 0 aliphatic rings. The Bertz CT molecular complexity index is 704. The van der Waals surface area contributed by atoms with Crippen molar-refractivity contribution in [3.05, 3.63) is 53.3 Å². The van der Waals surface area contributed by atoms with Crippen molar-refractivity contribution in [2.45, 2.75) is 27.3 Å². The van der Waals surface area contributed by atoms with Gasteiger partial charge in [-0.15, -0.1) is 0 Å². The average Bonchev–Trinajstić information content (AvgIpc) is 3.13. The summed E-state index contributed by atoms with van der Waals surface area (Å²) < 4.78 is 0. The fourth-order valence-electron chi connectivity index (χ4n) is 2.36. The van der Waals surface area contributed by atoms with Crippen LogP contribution in [0.2, 0.25) is 0 Å². The van der Waals surface area contributed by atoms with Gasteiger partial charge in [-0.2, -0.15) is 5.10 Å². The SMILES string of the molecule is CCN(CC)Cc1cc(/C(C)=N/NC(=O)c2ccc[nH]2)ccc1O. The van der Waals surface area contributed by atoms with Crippen LogP contribution in [0.4, 0.5) is 0 Å². The summed E-state index contributed by atoms with van der Waals surface area (Å²) in [7, 11) is 0. The Labute approximate surface area is 142 Å². The molecule has 3 N–H and O–H groups in total. The van der Waals surface area contributed by atoms with Gasteiger partial charge in [-0.1, -0.05) is 13.8 Å². The molecule has 6 nitrogen and oxygen atoms in total. The van der Waals surface area contributed by atoms with Gasteiger partial charge in [0.1, 0.15) is 11.4 Å². The number of nitrogens with zero attached hydrogens (tertiary/aromatic N) is 2. The van der Waals surface area contributed by atoms with Crippen molar-refractivity contribution in [1.82, 2.24) is 15.3 Å². The smallest absolute Gasteiger partial charge is 0.287 e. The third-order valence-corrected chi connectivity index (χ3v) is 3.95. The van der Waals surface area contributed by atoms with Crippen LogP contribution in [-0.2, 0) is 6.54 Å². The van der Waals surface area contributed by atoms with Gasteiger partial charge in [0, 0.05) is 18.3 Å². The van der Waals surface area contributed by atoms with Gasteiger partial charge in [-0.3, -0.25) is 9.69 Å². The summed E-state index contributed by atoms with van der Waals surface area (Å²) >= 11 is 0. The first-order valence-electron chi connectivity index (χ1n) is 8.07. The number of benzene rings is 1. The molecule has 24 heavy (non-hydrogen) atoms. The average molecular weight is 328 g/mol. The molecule has 2 rings (SSSR count). The minimum Gasteiger partial charge on any atom is -0.508 e. The minimum absolute atomic E-state index is 0.272. The maximum absolute atomic E-state index is 11.9. The lowest BCUT2D eigenvalue weighted by Crippen LogP contribution is -2.22. The topological polar surface area (TPSA) is 80.7 Å². The standard InChI is InChI=1S/C18H24N4O2/c1-4-22(5-2)12-15-11-14(8-9-17(15)23)13(3)20-21-18(24)16-7-6-10-19-16/h6-11,19,23H,4-5,12H2,1-3H3,(H,21,24)/b20-13+. The molecular formula is C18H24N4O2. The van der Waals surface area contributed by atoms with Gasteiger partial charge < -0.3 is 10.1 Å². The van der Waals surface area contributed by atoms with Crippen molar-refractivity contribution < 1.29 is 9.90 Å². The van der Waals surface area contributed by atoms with E-state index in [1.807, 2.05) is 13.0 Å². The molecule has 0 saturated heterocycles. The lowest BCUT2D eigenvalue weighted by molar-refractivity contribution is 0.0950. The Kier molecular flexibility index (Phi) is 6.14. The van der Waals surface area contributed by atoms with E-state index < -0.39 is 0 Å². The number of aromatic amines is 1. The van der Waals surface area contributed by atoms with Gasteiger partial charge in [0.2, 0.25) is 0 Å². The molecule has 0 aliphatic heterocycles. The molecule has 128 valence electrons. The molecule has 1 amide bonds. The van der Waals surface area contributed by atoms with E-state index in [1.54, 1.807) is 30.5 Å². The minimum atomic E-state index is -0.290. The van der Waals surface area contributed by atoms with E-state index in [9.17, 15) is 9.90 Å². The van der Waals surface area contributed by atoms with Crippen LogP contribution in [0.15, 0.2) is 41.6 Å². The second-order valence-corrected chi connectivity index (χ2v) is 5.53. The third-order valence-electron chi connectivity index (χ3n) is 3.95. The number of aromatic nitrogens is 1. The second-order valence-electron chi connectivity index (χ2n) is 5.53. The number of phenols is 1. The summed E-state index contributed by atoms with van der Waals surface area (Å²) in [5, 5.41) is 14.2. The maximum Gasteiger partial charge on any atom is 0.287 e. The third kappa shape index (κ3) is 4.45. The number of carbonyl (C=O) groups excluding carboxylic acids is 1. The number of H-pyrrole nitrogens is 1. The van der Waals surface area contributed by atoms with Crippen molar-refractivity contribution in [2.24, 2.45) is 5.10 Å². The molecule has 1 heterocycles. The summed E-state index contributed by atoms with van der Waals surface area (Å²) in [6.45, 7) is 8.51. The van der Waals surface area contributed by atoms with Crippen molar-refractivity contribution in [3.63, 3.8) is 0 Å². The van der Waals surface area contributed by atoms with Crippen LogP contribution in [0.5, 0.6) is 5.75 Å². The molecule has 0 saturated carbocycles. The van der Waals surface area contributed by atoms with Crippen LogP contribution < -0.4 is 5.43 Å². The molecule has 0 radical (unpaired) electrons. The van der Waals surface area contributed by atoms with Gasteiger partial charge in [0.25, 0.3) is 5.91 Å². The van der Waals surface area contributed by atoms with Crippen LogP contribution in [0.25, 0.3) is 0 Å². The van der Waals surface area contributed by atoms with Gasteiger partial charge in [-0.05, 0) is 55.9 Å². The molecule has 1 aromatic carbocycles. The molecule has 0 spiro atoms. The quantitative estimate of drug-likeness (QED) is 0.540. The number of hydrazone groups is 1. The molecule has 1 aromatic heterocycles. The number of nitrogens with one attached hydrogen (secondary N) is 2. The summed E-state index contributed by atoms with van der Waals surface area (Å²) in [6, 6.07) is 8.81. The normalized spacial score (nSPS) is 11.8. The molecular weight excluding hydrogens is 304 g/mol. The summed E-state index contributed by atoms with van der Waals surface area (Å²) in [5.41, 5.74) is 5.37. The predicted octanol–water partition coefficient (Wildman–Crippen LogP) is 2.72. The fraction of sp³-hybridized carbons (Fsp3) is 0.333. The second kappa shape index (κ2) is 8.31. The van der Waals surface area contributed by atoms with E-state index in [2.05, 4.69) is 34.3 Å². The van der Waals surface area contributed by atoms with E-state index in [4.69, 9.17) is 0 Å². The largest absolute Gasteiger partial charge is 0.508 e.